The molecule has 20 heavy (non-hydrogen) atoms. The van der Waals surface area contributed by atoms with Gasteiger partial charge in [-0.15, -0.1) is 0 Å². The molecule has 1 aliphatic heterocycles. The first-order valence-electron chi connectivity index (χ1n) is 7.16. The van der Waals surface area contributed by atoms with Crippen LogP contribution < -0.4 is 11.1 Å². The molecule has 1 aromatic carbocycles. The summed E-state index contributed by atoms with van der Waals surface area (Å²) >= 11 is 2.24. The molecule has 1 aromatic rings. The highest BCUT2D eigenvalue weighted by Crippen LogP contribution is 2.36. The van der Waals surface area contributed by atoms with Crippen molar-refractivity contribution >= 4 is 34.2 Å². The van der Waals surface area contributed by atoms with E-state index in [9.17, 15) is 4.79 Å². The van der Waals surface area contributed by atoms with Crippen molar-refractivity contribution in [1.82, 2.24) is 4.90 Å². The topological polar surface area (TPSA) is 58.4 Å². The molecular formula is C15H20IN3O. The van der Waals surface area contributed by atoms with Crippen LogP contribution in [0.15, 0.2) is 24.3 Å². The Morgan fingerprint density at radius 2 is 2.15 bits per heavy atom. The van der Waals surface area contributed by atoms with Crippen LogP contribution in [0.4, 0.5) is 5.69 Å². The molecule has 4 nitrogen and oxygen atoms in total. The fourth-order valence-electron chi connectivity index (χ4n) is 3.48. The van der Waals surface area contributed by atoms with Crippen molar-refractivity contribution in [2.24, 2.45) is 17.6 Å². The van der Waals surface area contributed by atoms with E-state index in [0.717, 1.165) is 28.8 Å². The van der Waals surface area contributed by atoms with Crippen LogP contribution in [0.3, 0.4) is 0 Å². The summed E-state index contributed by atoms with van der Waals surface area (Å²) in [6, 6.07) is 8.18. The van der Waals surface area contributed by atoms with Gasteiger partial charge < -0.3 is 11.1 Å². The molecule has 108 valence electrons. The van der Waals surface area contributed by atoms with Crippen LogP contribution in [0.1, 0.15) is 12.8 Å². The monoisotopic (exact) mass is 385 g/mol. The average Bonchev–Trinajstić information content (AvgIpc) is 2.95. The lowest BCUT2D eigenvalue weighted by atomic mass is 9.98. The van der Waals surface area contributed by atoms with E-state index in [-0.39, 0.29) is 5.91 Å². The fraction of sp³-hybridized carbons (Fsp3) is 0.533. The maximum atomic E-state index is 12.1. The van der Waals surface area contributed by atoms with Gasteiger partial charge in [-0.05, 0) is 59.4 Å². The van der Waals surface area contributed by atoms with Gasteiger partial charge in [0, 0.05) is 22.7 Å². The number of halogens is 1. The smallest absolute Gasteiger partial charge is 0.238 e. The summed E-state index contributed by atoms with van der Waals surface area (Å²) < 4.78 is 1.07. The van der Waals surface area contributed by atoms with Crippen molar-refractivity contribution in [2.75, 3.05) is 25.0 Å². The molecule has 3 atom stereocenters. The molecule has 3 unspecified atom stereocenters. The molecule has 0 spiro atoms. The van der Waals surface area contributed by atoms with Gasteiger partial charge in [0.25, 0.3) is 0 Å². The van der Waals surface area contributed by atoms with E-state index in [4.69, 9.17) is 5.73 Å². The zero-order chi connectivity index (χ0) is 14.1. The number of benzene rings is 1. The van der Waals surface area contributed by atoms with Crippen LogP contribution in [0.2, 0.25) is 0 Å². The standard InChI is InChI=1S/C15H20IN3O/c16-12-3-1-2-4-14(12)18-15(20)9-19-7-10-5-6-13(17)11(10)8-19/h1-4,10-11,13H,5-9,17H2,(H,18,20). The third kappa shape index (κ3) is 2.99. The van der Waals surface area contributed by atoms with Crippen molar-refractivity contribution < 1.29 is 4.79 Å². The Bertz CT molecular complexity index is 508. The molecule has 1 heterocycles. The van der Waals surface area contributed by atoms with Crippen LogP contribution >= 0.6 is 22.6 Å². The number of amides is 1. The summed E-state index contributed by atoms with van der Waals surface area (Å²) in [5, 5.41) is 2.99. The number of para-hydroxylation sites is 1. The number of fused-ring (bicyclic) bond motifs is 1. The predicted molar refractivity (Wildman–Crippen MR) is 88.4 cm³/mol. The van der Waals surface area contributed by atoms with E-state index in [1.807, 2.05) is 24.3 Å². The third-order valence-electron chi connectivity index (χ3n) is 4.50. The first-order valence-corrected chi connectivity index (χ1v) is 8.23. The number of rotatable bonds is 3. The summed E-state index contributed by atoms with van der Waals surface area (Å²) in [6.45, 7) is 2.48. The van der Waals surface area contributed by atoms with Crippen LogP contribution in [0, 0.1) is 15.4 Å². The average molecular weight is 385 g/mol. The van der Waals surface area contributed by atoms with Gasteiger partial charge >= 0.3 is 0 Å². The highest BCUT2D eigenvalue weighted by Gasteiger charge is 2.41. The van der Waals surface area contributed by atoms with Crippen LogP contribution in [0.5, 0.6) is 0 Å². The summed E-state index contributed by atoms with van der Waals surface area (Å²) in [4.78, 5) is 14.4. The minimum absolute atomic E-state index is 0.0719. The molecule has 3 rings (SSSR count). The molecule has 3 N–H and O–H groups in total. The Hall–Kier alpha value is -0.660. The van der Waals surface area contributed by atoms with Crippen molar-refractivity contribution in [3.63, 3.8) is 0 Å². The number of carbonyl (C=O) groups excluding carboxylic acids is 1. The molecule has 2 aliphatic rings. The summed E-state index contributed by atoms with van der Waals surface area (Å²) in [5.74, 6) is 1.37. The molecule has 0 aromatic heterocycles. The van der Waals surface area contributed by atoms with E-state index >= 15 is 0 Å². The number of nitrogens with zero attached hydrogens (tertiary/aromatic N) is 1. The molecule has 1 saturated carbocycles. The van der Waals surface area contributed by atoms with Gasteiger partial charge in [0.1, 0.15) is 0 Å². The number of likely N-dealkylation sites (tertiary alicyclic amines) is 1. The first kappa shape index (κ1) is 14.3. The lowest BCUT2D eigenvalue weighted by Crippen LogP contribution is -2.34. The van der Waals surface area contributed by atoms with Crippen molar-refractivity contribution in [3.8, 4) is 0 Å². The van der Waals surface area contributed by atoms with Gasteiger partial charge in [-0.1, -0.05) is 12.1 Å². The van der Waals surface area contributed by atoms with Crippen molar-refractivity contribution in [1.29, 1.82) is 0 Å². The molecule has 1 amide bonds. The maximum Gasteiger partial charge on any atom is 0.238 e. The Kier molecular flexibility index (Phi) is 4.28. The molecular weight excluding hydrogens is 365 g/mol. The zero-order valence-electron chi connectivity index (χ0n) is 11.4. The SMILES string of the molecule is NC1CCC2CN(CC(=O)Nc3ccccc3I)CC12. The van der Waals surface area contributed by atoms with Gasteiger partial charge in [-0.3, -0.25) is 9.69 Å². The molecule has 5 heteroatoms. The molecule has 0 radical (unpaired) electrons. The molecule has 2 fully saturated rings. The van der Waals surface area contributed by atoms with Crippen LogP contribution in [-0.4, -0.2) is 36.5 Å². The van der Waals surface area contributed by atoms with E-state index in [0.29, 0.717) is 24.4 Å². The zero-order valence-corrected chi connectivity index (χ0v) is 13.5. The van der Waals surface area contributed by atoms with Gasteiger partial charge in [0.05, 0.1) is 12.2 Å². The largest absolute Gasteiger partial charge is 0.327 e. The third-order valence-corrected chi connectivity index (χ3v) is 5.44. The summed E-state index contributed by atoms with van der Waals surface area (Å²) in [7, 11) is 0. The summed E-state index contributed by atoms with van der Waals surface area (Å²) in [5.41, 5.74) is 7.03. The second-order valence-corrected chi connectivity index (χ2v) is 7.05. The highest BCUT2D eigenvalue weighted by atomic mass is 127. The lowest BCUT2D eigenvalue weighted by molar-refractivity contribution is -0.117. The second-order valence-electron chi connectivity index (χ2n) is 5.89. The quantitative estimate of drug-likeness (QED) is 0.782. The van der Waals surface area contributed by atoms with E-state index in [1.54, 1.807) is 0 Å². The minimum atomic E-state index is 0.0719. The molecule has 0 bridgehead atoms. The minimum Gasteiger partial charge on any atom is -0.327 e. The number of nitrogens with one attached hydrogen (secondary N) is 1. The van der Waals surface area contributed by atoms with Gasteiger partial charge in [-0.2, -0.15) is 0 Å². The normalized spacial score (nSPS) is 29.4. The number of carbonyl (C=O) groups is 1. The molecule has 1 aliphatic carbocycles. The lowest BCUT2D eigenvalue weighted by Gasteiger charge is -2.18. The van der Waals surface area contributed by atoms with E-state index in [2.05, 4.69) is 32.8 Å². The van der Waals surface area contributed by atoms with E-state index in [1.165, 1.54) is 6.42 Å². The van der Waals surface area contributed by atoms with Crippen molar-refractivity contribution in [2.45, 2.75) is 18.9 Å². The van der Waals surface area contributed by atoms with Gasteiger partial charge in [0.2, 0.25) is 5.91 Å². The van der Waals surface area contributed by atoms with Crippen molar-refractivity contribution in [3.05, 3.63) is 27.8 Å². The number of nitrogens with two attached hydrogens (primary N) is 1. The number of anilines is 1. The fourth-order valence-corrected chi connectivity index (χ4v) is 4.01. The van der Waals surface area contributed by atoms with Crippen LogP contribution in [-0.2, 0) is 4.79 Å². The van der Waals surface area contributed by atoms with Gasteiger partial charge in [-0.25, -0.2) is 0 Å². The van der Waals surface area contributed by atoms with E-state index < -0.39 is 0 Å². The highest BCUT2D eigenvalue weighted by molar-refractivity contribution is 14.1. The maximum absolute atomic E-state index is 12.1. The Morgan fingerprint density at radius 1 is 1.35 bits per heavy atom. The Labute approximate surface area is 133 Å². The van der Waals surface area contributed by atoms with Crippen LogP contribution in [0.25, 0.3) is 0 Å². The Balaban J connectivity index is 1.54. The second kappa shape index (κ2) is 5.99. The molecule has 1 saturated heterocycles. The number of hydrogen-bond acceptors (Lipinski definition) is 3. The Morgan fingerprint density at radius 3 is 2.90 bits per heavy atom. The van der Waals surface area contributed by atoms with Gasteiger partial charge in [0.15, 0.2) is 0 Å². The predicted octanol–water partition coefficient (Wildman–Crippen LogP) is 1.90. The first-order chi connectivity index (χ1) is 9.63. The summed E-state index contributed by atoms with van der Waals surface area (Å²) in [6.07, 6.45) is 2.37. The number of hydrogen-bond donors (Lipinski definition) is 2.